The Morgan fingerprint density at radius 3 is 2.60 bits per heavy atom. The molecule has 2 aromatic rings. The van der Waals surface area contributed by atoms with Gasteiger partial charge in [0, 0.05) is 17.6 Å². The molecule has 0 saturated heterocycles. The zero-order valence-corrected chi connectivity index (χ0v) is 12.4. The maximum Gasteiger partial charge on any atom is 0.255 e. The van der Waals surface area contributed by atoms with Crippen molar-refractivity contribution >= 4 is 21.8 Å². The average Bonchev–Trinajstić information content (AvgIpc) is 2.47. The number of amides is 1. The summed E-state index contributed by atoms with van der Waals surface area (Å²) in [6.07, 6.45) is 0. The van der Waals surface area contributed by atoms with Crippen LogP contribution in [0.1, 0.15) is 21.5 Å². The molecule has 0 spiro atoms. The highest BCUT2D eigenvalue weighted by molar-refractivity contribution is 9.10. The molecule has 0 unspecified atom stereocenters. The first kappa shape index (κ1) is 14.6. The van der Waals surface area contributed by atoms with Crippen molar-refractivity contribution in [3.8, 4) is 5.75 Å². The Hall–Kier alpha value is -1.85. The summed E-state index contributed by atoms with van der Waals surface area (Å²) < 4.78 is 0.739. The Morgan fingerprint density at radius 2 is 1.90 bits per heavy atom. The Balaban J connectivity index is 2.11. The van der Waals surface area contributed by atoms with Crippen LogP contribution in [0.4, 0.5) is 0 Å². The van der Waals surface area contributed by atoms with Gasteiger partial charge in [-0.1, -0.05) is 40.2 Å². The van der Waals surface area contributed by atoms with Crippen LogP contribution in [-0.4, -0.2) is 11.0 Å². The summed E-state index contributed by atoms with van der Waals surface area (Å²) in [5.74, 6) is -0.367. The zero-order chi connectivity index (χ0) is 14.5. The largest absolute Gasteiger partial charge is 0.507 e. The van der Waals surface area contributed by atoms with E-state index in [9.17, 15) is 9.90 Å². The van der Waals surface area contributed by atoms with E-state index in [1.54, 1.807) is 12.1 Å². The second-order valence-corrected chi connectivity index (χ2v) is 5.23. The van der Waals surface area contributed by atoms with Gasteiger partial charge in [0.05, 0.1) is 5.56 Å². The number of hydrogen-bond acceptors (Lipinski definition) is 3. The van der Waals surface area contributed by atoms with E-state index in [-0.39, 0.29) is 17.2 Å². The minimum Gasteiger partial charge on any atom is -0.507 e. The fourth-order valence-electron chi connectivity index (χ4n) is 1.89. The van der Waals surface area contributed by atoms with Crippen LogP contribution in [0.5, 0.6) is 5.75 Å². The summed E-state index contributed by atoms with van der Waals surface area (Å²) in [5.41, 5.74) is 7.86. The minimum absolute atomic E-state index is 0.0437. The van der Waals surface area contributed by atoms with Gasteiger partial charge in [0.25, 0.3) is 5.91 Å². The molecule has 0 bridgehead atoms. The third-order valence-electron chi connectivity index (χ3n) is 2.98. The number of carbonyl (C=O) groups excluding carboxylic acids is 1. The van der Waals surface area contributed by atoms with Crippen LogP contribution >= 0.6 is 15.9 Å². The highest BCUT2D eigenvalue weighted by Crippen LogP contribution is 2.21. The van der Waals surface area contributed by atoms with Crippen LogP contribution < -0.4 is 11.1 Å². The highest BCUT2D eigenvalue weighted by atomic mass is 79.9. The Morgan fingerprint density at radius 1 is 1.20 bits per heavy atom. The molecular formula is C15H15BrN2O2. The van der Waals surface area contributed by atoms with Gasteiger partial charge in [-0.05, 0) is 29.3 Å². The van der Waals surface area contributed by atoms with Gasteiger partial charge in [-0.2, -0.15) is 0 Å². The zero-order valence-electron chi connectivity index (χ0n) is 10.8. The van der Waals surface area contributed by atoms with Crippen molar-refractivity contribution in [3.63, 3.8) is 0 Å². The third-order valence-corrected chi connectivity index (χ3v) is 3.47. The minimum atomic E-state index is -0.323. The molecule has 4 N–H and O–H groups in total. The summed E-state index contributed by atoms with van der Waals surface area (Å²) in [6, 6.07) is 12.4. The van der Waals surface area contributed by atoms with Gasteiger partial charge < -0.3 is 16.2 Å². The van der Waals surface area contributed by atoms with E-state index in [4.69, 9.17) is 5.73 Å². The van der Waals surface area contributed by atoms with Gasteiger partial charge in [-0.25, -0.2) is 0 Å². The normalized spacial score (nSPS) is 10.3. The molecule has 0 aromatic heterocycles. The number of hydrogen-bond donors (Lipinski definition) is 3. The standard InChI is InChI=1S/C15H15BrN2O2/c16-12-5-6-14(19)13(7-12)15(20)18-9-11-4-2-1-3-10(11)8-17/h1-7,19H,8-9,17H2,(H,18,20). The first-order valence-corrected chi connectivity index (χ1v) is 6.94. The number of nitrogens with two attached hydrogens (primary N) is 1. The fourth-order valence-corrected chi connectivity index (χ4v) is 2.25. The predicted octanol–water partition coefficient (Wildman–Crippen LogP) is 2.54. The van der Waals surface area contributed by atoms with Crippen molar-refractivity contribution in [2.24, 2.45) is 5.73 Å². The summed E-state index contributed by atoms with van der Waals surface area (Å²) in [5, 5.41) is 12.5. The molecule has 1 amide bonds. The molecule has 5 heteroatoms. The first-order valence-electron chi connectivity index (χ1n) is 6.15. The van der Waals surface area contributed by atoms with Crippen molar-refractivity contribution in [1.29, 1.82) is 0 Å². The molecular weight excluding hydrogens is 320 g/mol. The van der Waals surface area contributed by atoms with E-state index in [1.807, 2.05) is 24.3 Å². The average molecular weight is 335 g/mol. The number of benzene rings is 2. The summed E-state index contributed by atoms with van der Waals surface area (Å²) >= 11 is 3.28. The van der Waals surface area contributed by atoms with Crippen molar-refractivity contribution in [3.05, 3.63) is 63.6 Å². The molecule has 4 nitrogen and oxygen atoms in total. The Bertz CT molecular complexity index is 629. The van der Waals surface area contributed by atoms with Crippen molar-refractivity contribution < 1.29 is 9.90 Å². The second kappa shape index (κ2) is 6.54. The van der Waals surface area contributed by atoms with E-state index in [0.29, 0.717) is 13.1 Å². The van der Waals surface area contributed by atoms with E-state index in [0.717, 1.165) is 15.6 Å². The lowest BCUT2D eigenvalue weighted by Gasteiger charge is -2.10. The fraction of sp³-hybridized carbons (Fsp3) is 0.133. The monoisotopic (exact) mass is 334 g/mol. The number of phenolic OH excluding ortho intramolecular Hbond substituents is 1. The Labute approximate surface area is 125 Å². The molecule has 2 aromatic carbocycles. The smallest absolute Gasteiger partial charge is 0.255 e. The number of aromatic hydroxyl groups is 1. The number of nitrogens with one attached hydrogen (secondary N) is 1. The van der Waals surface area contributed by atoms with E-state index >= 15 is 0 Å². The molecule has 0 heterocycles. The van der Waals surface area contributed by atoms with Crippen LogP contribution in [0.15, 0.2) is 46.9 Å². The van der Waals surface area contributed by atoms with Gasteiger partial charge in [-0.15, -0.1) is 0 Å². The van der Waals surface area contributed by atoms with Crippen LogP contribution in [0.25, 0.3) is 0 Å². The van der Waals surface area contributed by atoms with Crippen LogP contribution in [0, 0.1) is 0 Å². The van der Waals surface area contributed by atoms with Gasteiger partial charge in [0.2, 0.25) is 0 Å². The number of halogens is 1. The molecule has 0 aliphatic rings. The molecule has 0 aliphatic heterocycles. The maximum atomic E-state index is 12.1. The van der Waals surface area contributed by atoms with Crippen LogP contribution in [0.2, 0.25) is 0 Å². The molecule has 0 radical (unpaired) electrons. The maximum absolute atomic E-state index is 12.1. The van der Waals surface area contributed by atoms with Gasteiger partial charge in [0.15, 0.2) is 0 Å². The Kier molecular flexibility index (Phi) is 4.76. The molecule has 2 rings (SSSR count). The topological polar surface area (TPSA) is 75.3 Å². The molecule has 20 heavy (non-hydrogen) atoms. The van der Waals surface area contributed by atoms with E-state index < -0.39 is 0 Å². The van der Waals surface area contributed by atoms with Crippen molar-refractivity contribution in [1.82, 2.24) is 5.32 Å². The molecule has 0 atom stereocenters. The SMILES string of the molecule is NCc1ccccc1CNC(=O)c1cc(Br)ccc1O. The number of carbonyl (C=O) groups is 1. The van der Waals surface area contributed by atoms with Gasteiger partial charge in [-0.3, -0.25) is 4.79 Å². The summed E-state index contributed by atoms with van der Waals surface area (Å²) in [4.78, 5) is 12.1. The third kappa shape index (κ3) is 3.37. The van der Waals surface area contributed by atoms with E-state index in [1.165, 1.54) is 6.07 Å². The summed E-state index contributed by atoms with van der Waals surface area (Å²) in [6.45, 7) is 0.798. The van der Waals surface area contributed by atoms with Crippen LogP contribution in [-0.2, 0) is 13.1 Å². The molecule has 0 fully saturated rings. The number of phenols is 1. The van der Waals surface area contributed by atoms with Gasteiger partial charge >= 0.3 is 0 Å². The lowest BCUT2D eigenvalue weighted by molar-refractivity contribution is 0.0948. The first-order chi connectivity index (χ1) is 9.61. The van der Waals surface area contributed by atoms with E-state index in [2.05, 4.69) is 21.2 Å². The highest BCUT2D eigenvalue weighted by Gasteiger charge is 2.11. The molecule has 0 aliphatic carbocycles. The lowest BCUT2D eigenvalue weighted by Crippen LogP contribution is -2.23. The predicted molar refractivity (Wildman–Crippen MR) is 81.3 cm³/mol. The van der Waals surface area contributed by atoms with Gasteiger partial charge in [0.1, 0.15) is 5.75 Å². The molecule has 104 valence electrons. The summed E-state index contributed by atoms with van der Waals surface area (Å²) in [7, 11) is 0. The van der Waals surface area contributed by atoms with Crippen LogP contribution in [0.3, 0.4) is 0 Å². The molecule has 0 saturated carbocycles. The number of rotatable bonds is 4. The quantitative estimate of drug-likeness (QED) is 0.804. The second-order valence-electron chi connectivity index (χ2n) is 4.32. The lowest BCUT2D eigenvalue weighted by atomic mass is 10.1. The van der Waals surface area contributed by atoms with Crippen molar-refractivity contribution in [2.45, 2.75) is 13.1 Å². The van der Waals surface area contributed by atoms with Crippen molar-refractivity contribution in [2.75, 3.05) is 0 Å².